The van der Waals surface area contributed by atoms with E-state index in [1.807, 2.05) is 50.4 Å². The molecule has 0 spiro atoms. The van der Waals surface area contributed by atoms with Gasteiger partial charge in [-0.15, -0.1) is 0 Å². The summed E-state index contributed by atoms with van der Waals surface area (Å²) in [5.41, 5.74) is 5.67. The zero-order chi connectivity index (χ0) is 19.7. The standard InChI is InChI=1S/C23H24BrN3O/c1-15-11-19(5-7-20(15)24)23(28)26-21-8-6-18-12-17(13-25-22(18)16(21)2)14-27-9-3-4-10-27/h5-8,11-13H,3-4,9-10,14H2,1-2H3,(H,26,28). The Labute approximate surface area is 174 Å². The predicted octanol–water partition coefficient (Wildman–Crippen LogP) is 5.46. The number of aromatic nitrogens is 1. The van der Waals surface area contributed by atoms with Gasteiger partial charge >= 0.3 is 0 Å². The lowest BCUT2D eigenvalue weighted by molar-refractivity contribution is 0.102. The highest BCUT2D eigenvalue weighted by Gasteiger charge is 2.14. The van der Waals surface area contributed by atoms with Gasteiger partial charge in [-0.1, -0.05) is 22.0 Å². The molecule has 0 aliphatic carbocycles. The molecule has 0 radical (unpaired) electrons. The zero-order valence-electron chi connectivity index (χ0n) is 16.3. The number of benzene rings is 2. The number of amides is 1. The van der Waals surface area contributed by atoms with Gasteiger partial charge in [-0.3, -0.25) is 14.7 Å². The molecule has 28 heavy (non-hydrogen) atoms. The minimum atomic E-state index is -0.108. The highest BCUT2D eigenvalue weighted by Crippen LogP contribution is 2.26. The van der Waals surface area contributed by atoms with Gasteiger partial charge in [0.25, 0.3) is 5.91 Å². The van der Waals surface area contributed by atoms with Crippen LogP contribution in [0.4, 0.5) is 5.69 Å². The van der Waals surface area contributed by atoms with Crippen LogP contribution >= 0.6 is 15.9 Å². The fourth-order valence-corrected chi connectivity index (χ4v) is 4.04. The van der Waals surface area contributed by atoms with Gasteiger partial charge in [0, 0.05) is 33.9 Å². The van der Waals surface area contributed by atoms with Crippen molar-refractivity contribution in [3.05, 3.63) is 69.3 Å². The van der Waals surface area contributed by atoms with Crippen LogP contribution in [0.15, 0.2) is 47.1 Å². The Bertz CT molecular complexity index is 1040. The Hall–Kier alpha value is -2.24. The van der Waals surface area contributed by atoms with Crippen LogP contribution in [0.1, 0.15) is 39.9 Å². The maximum absolute atomic E-state index is 12.7. The summed E-state index contributed by atoms with van der Waals surface area (Å²) in [5.74, 6) is -0.108. The van der Waals surface area contributed by atoms with Crippen LogP contribution < -0.4 is 5.32 Å². The van der Waals surface area contributed by atoms with Crippen LogP contribution in [0.25, 0.3) is 10.9 Å². The molecule has 1 aliphatic heterocycles. The number of anilines is 1. The summed E-state index contributed by atoms with van der Waals surface area (Å²) in [6, 6.07) is 11.9. The van der Waals surface area contributed by atoms with Crippen LogP contribution in [-0.4, -0.2) is 28.9 Å². The Morgan fingerprint density at radius 2 is 1.93 bits per heavy atom. The maximum Gasteiger partial charge on any atom is 0.255 e. The lowest BCUT2D eigenvalue weighted by Gasteiger charge is -2.15. The summed E-state index contributed by atoms with van der Waals surface area (Å²) in [6.45, 7) is 7.31. The average molecular weight is 438 g/mol. The van der Waals surface area contributed by atoms with Crippen molar-refractivity contribution >= 4 is 38.4 Å². The molecule has 4 nitrogen and oxygen atoms in total. The fourth-order valence-electron chi connectivity index (χ4n) is 3.79. The third kappa shape index (κ3) is 3.96. The molecule has 144 valence electrons. The molecular formula is C23H24BrN3O. The van der Waals surface area contributed by atoms with E-state index in [1.165, 1.54) is 31.5 Å². The van der Waals surface area contributed by atoms with E-state index in [0.717, 1.165) is 38.7 Å². The molecule has 0 bridgehead atoms. The summed E-state index contributed by atoms with van der Waals surface area (Å²) >= 11 is 3.47. The number of carbonyl (C=O) groups excluding carboxylic acids is 1. The van der Waals surface area contributed by atoms with Gasteiger partial charge in [-0.05, 0) is 86.8 Å². The number of pyridine rings is 1. The molecule has 2 heterocycles. The van der Waals surface area contributed by atoms with Crippen molar-refractivity contribution < 1.29 is 4.79 Å². The Morgan fingerprint density at radius 3 is 2.68 bits per heavy atom. The molecular weight excluding hydrogens is 414 g/mol. The smallest absolute Gasteiger partial charge is 0.255 e. The Balaban J connectivity index is 1.56. The number of aryl methyl sites for hydroxylation is 2. The second kappa shape index (κ2) is 8.02. The SMILES string of the molecule is Cc1cc(C(=O)Nc2ccc3cc(CN4CCCC4)cnc3c2C)ccc1Br. The first-order valence-electron chi connectivity index (χ1n) is 9.69. The lowest BCUT2D eigenvalue weighted by atomic mass is 10.1. The normalized spacial score (nSPS) is 14.5. The molecule has 1 fully saturated rings. The number of rotatable bonds is 4. The molecule has 0 saturated carbocycles. The highest BCUT2D eigenvalue weighted by molar-refractivity contribution is 9.10. The van der Waals surface area contributed by atoms with Crippen LogP contribution in [0, 0.1) is 13.8 Å². The molecule has 0 atom stereocenters. The number of hydrogen-bond donors (Lipinski definition) is 1. The number of likely N-dealkylation sites (tertiary alicyclic amines) is 1. The van der Waals surface area contributed by atoms with Gasteiger partial charge < -0.3 is 5.32 Å². The monoisotopic (exact) mass is 437 g/mol. The van der Waals surface area contributed by atoms with Gasteiger partial charge in [0.1, 0.15) is 0 Å². The Morgan fingerprint density at radius 1 is 1.14 bits per heavy atom. The molecule has 1 N–H and O–H groups in total. The molecule has 0 unspecified atom stereocenters. The molecule has 1 aliphatic rings. The van der Waals surface area contributed by atoms with Crippen molar-refractivity contribution in [3.63, 3.8) is 0 Å². The van der Waals surface area contributed by atoms with E-state index in [-0.39, 0.29) is 5.91 Å². The van der Waals surface area contributed by atoms with E-state index >= 15 is 0 Å². The van der Waals surface area contributed by atoms with Crippen LogP contribution in [0.5, 0.6) is 0 Å². The summed E-state index contributed by atoms with van der Waals surface area (Å²) < 4.78 is 1.000. The first-order valence-corrected chi connectivity index (χ1v) is 10.5. The van der Waals surface area contributed by atoms with Crippen molar-refractivity contribution in [2.45, 2.75) is 33.2 Å². The van der Waals surface area contributed by atoms with Crippen LogP contribution in [-0.2, 0) is 6.54 Å². The molecule has 1 amide bonds. The molecule has 1 saturated heterocycles. The van der Waals surface area contributed by atoms with Gasteiger partial charge in [-0.25, -0.2) is 0 Å². The second-order valence-corrected chi connectivity index (χ2v) is 8.41. The highest BCUT2D eigenvalue weighted by atomic mass is 79.9. The predicted molar refractivity (Wildman–Crippen MR) is 118 cm³/mol. The van der Waals surface area contributed by atoms with Crippen molar-refractivity contribution in [2.24, 2.45) is 0 Å². The van der Waals surface area contributed by atoms with E-state index in [9.17, 15) is 4.79 Å². The topological polar surface area (TPSA) is 45.2 Å². The van der Waals surface area contributed by atoms with Gasteiger partial charge in [0.05, 0.1) is 5.52 Å². The largest absolute Gasteiger partial charge is 0.322 e. The summed E-state index contributed by atoms with van der Waals surface area (Å²) in [6.07, 6.45) is 4.56. The maximum atomic E-state index is 12.7. The Kier molecular flexibility index (Phi) is 5.47. The molecule has 3 aromatic rings. The number of nitrogens with one attached hydrogen (secondary N) is 1. The molecule has 5 heteroatoms. The van der Waals surface area contributed by atoms with E-state index < -0.39 is 0 Å². The first-order chi connectivity index (χ1) is 13.5. The third-order valence-corrected chi connectivity index (χ3v) is 6.33. The molecule has 4 rings (SSSR count). The molecule has 2 aromatic carbocycles. The van der Waals surface area contributed by atoms with Crippen LogP contribution in [0.3, 0.4) is 0 Å². The minimum absolute atomic E-state index is 0.108. The summed E-state index contributed by atoms with van der Waals surface area (Å²) in [4.78, 5) is 19.8. The van der Waals surface area contributed by atoms with E-state index in [4.69, 9.17) is 4.98 Å². The number of carbonyl (C=O) groups is 1. The van der Waals surface area contributed by atoms with E-state index in [2.05, 4.69) is 32.2 Å². The summed E-state index contributed by atoms with van der Waals surface area (Å²) in [5, 5.41) is 4.15. The minimum Gasteiger partial charge on any atom is -0.322 e. The van der Waals surface area contributed by atoms with Gasteiger partial charge in [-0.2, -0.15) is 0 Å². The zero-order valence-corrected chi connectivity index (χ0v) is 17.8. The average Bonchev–Trinajstić information content (AvgIpc) is 3.19. The lowest BCUT2D eigenvalue weighted by Crippen LogP contribution is -2.18. The summed E-state index contributed by atoms with van der Waals surface area (Å²) in [7, 11) is 0. The van der Waals surface area contributed by atoms with Crippen molar-refractivity contribution in [2.75, 3.05) is 18.4 Å². The fraction of sp³-hybridized carbons (Fsp3) is 0.304. The van der Waals surface area contributed by atoms with E-state index in [1.54, 1.807) is 0 Å². The van der Waals surface area contributed by atoms with Crippen molar-refractivity contribution in [3.8, 4) is 0 Å². The van der Waals surface area contributed by atoms with Crippen molar-refractivity contribution in [1.29, 1.82) is 0 Å². The van der Waals surface area contributed by atoms with Gasteiger partial charge in [0.15, 0.2) is 0 Å². The van der Waals surface area contributed by atoms with E-state index in [0.29, 0.717) is 5.56 Å². The number of fused-ring (bicyclic) bond motifs is 1. The number of halogens is 1. The third-order valence-electron chi connectivity index (χ3n) is 5.44. The number of nitrogens with zero attached hydrogens (tertiary/aromatic N) is 2. The molecule has 1 aromatic heterocycles. The quantitative estimate of drug-likeness (QED) is 0.588. The number of hydrogen-bond acceptors (Lipinski definition) is 3. The first kappa shape index (κ1) is 19.1. The van der Waals surface area contributed by atoms with Crippen molar-refractivity contribution in [1.82, 2.24) is 9.88 Å². The van der Waals surface area contributed by atoms with Gasteiger partial charge in [0.2, 0.25) is 0 Å². The van der Waals surface area contributed by atoms with Crippen LogP contribution in [0.2, 0.25) is 0 Å². The second-order valence-electron chi connectivity index (χ2n) is 7.55.